The maximum absolute atomic E-state index is 14.4. The molecule has 3 aliphatic heterocycles. The smallest absolute Gasteiger partial charge is 0.453 e. The van der Waals surface area contributed by atoms with Gasteiger partial charge in [0.25, 0.3) is 11.8 Å². The Hall–Kier alpha value is -3.96. The highest BCUT2D eigenvalue weighted by molar-refractivity contribution is 7.92. The van der Waals surface area contributed by atoms with Crippen molar-refractivity contribution in [1.82, 2.24) is 14.5 Å². The third-order valence-corrected chi connectivity index (χ3v) is 11.0. The molecule has 3 aliphatic rings. The Bertz CT molecular complexity index is 1810. The Morgan fingerprint density at radius 3 is 2.29 bits per heavy atom. The summed E-state index contributed by atoms with van der Waals surface area (Å²) in [7, 11) is -3.93. The van der Waals surface area contributed by atoms with Crippen molar-refractivity contribution in [2.75, 3.05) is 32.8 Å². The summed E-state index contributed by atoms with van der Waals surface area (Å²) in [5.41, 5.74) is 1.44. The lowest BCUT2D eigenvalue weighted by Crippen LogP contribution is -2.50. The topological polar surface area (TPSA) is 129 Å². The Morgan fingerprint density at radius 2 is 1.69 bits per heavy atom. The molecule has 5 rings (SSSR count). The number of benzene rings is 2. The highest BCUT2D eigenvalue weighted by Crippen LogP contribution is 2.39. The number of amidine groups is 1. The van der Waals surface area contributed by atoms with Crippen LogP contribution in [0.15, 0.2) is 40.7 Å². The van der Waals surface area contributed by atoms with Crippen molar-refractivity contribution in [3.63, 3.8) is 0 Å². The number of likely N-dealkylation sites (tertiary alicyclic amines) is 1. The van der Waals surface area contributed by atoms with Gasteiger partial charge in [-0.25, -0.2) is 12.8 Å². The van der Waals surface area contributed by atoms with Gasteiger partial charge in [0.1, 0.15) is 11.4 Å². The fraction of sp³-hybridized carbons (Fsp3) is 0.500. The van der Waals surface area contributed by atoms with E-state index in [4.69, 9.17) is 4.74 Å². The molecule has 2 fully saturated rings. The lowest BCUT2D eigenvalue weighted by Gasteiger charge is -2.34. The molecule has 51 heavy (non-hydrogen) atoms. The molecule has 0 atom stereocenters. The fourth-order valence-corrected chi connectivity index (χ4v) is 7.51. The lowest BCUT2D eigenvalue weighted by molar-refractivity contribution is -0.284. The van der Waals surface area contributed by atoms with Gasteiger partial charge in [0.15, 0.2) is 11.6 Å². The number of piperidine rings is 2. The van der Waals surface area contributed by atoms with Crippen LogP contribution in [0.5, 0.6) is 5.75 Å². The molecule has 2 N–H and O–H groups in total. The zero-order chi connectivity index (χ0) is 37.4. The number of sulfonamides is 1. The molecular formula is C34H38F6N4O6S. The van der Waals surface area contributed by atoms with Gasteiger partial charge in [0.2, 0.25) is 10.0 Å². The fourth-order valence-electron chi connectivity index (χ4n) is 6.33. The average molecular weight is 745 g/mol. The van der Waals surface area contributed by atoms with Crippen LogP contribution in [0.3, 0.4) is 0 Å². The second-order valence-corrected chi connectivity index (χ2v) is 14.9. The van der Waals surface area contributed by atoms with Crippen molar-refractivity contribution in [2.24, 2.45) is 4.99 Å². The molecule has 2 aromatic rings. The van der Waals surface area contributed by atoms with Crippen molar-refractivity contribution < 1.29 is 54.2 Å². The molecule has 0 unspecified atom stereocenters. The Balaban J connectivity index is 1.21. The number of aliphatic imine (C=N–C) groups is 1. The number of amides is 2. The van der Waals surface area contributed by atoms with E-state index in [9.17, 15) is 49.5 Å². The number of ether oxygens (including phenoxy) is 1. The molecule has 0 aromatic heterocycles. The maximum atomic E-state index is 14.4. The molecule has 2 aromatic carbocycles. The van der Waals surface area contributed by atoms with Crippen molar-refractivity contribution in [3.8, 4) is 5.75 Å². The summed E-state index contributed by atoms with van der Waals surface area (Å²) in [6.45, 7) is 3.79. The van der Waals surface area contributed by atoms with E-state index >= 15 is 0 Å². The van der Waals surface area contributed by atoms with Crippen LogP contribution in [-0.2, 0) is 14.8 Å². The second-order valence-electron chi connectivity index (χ2n) is 13.0. The van der Waals surface area contributed by atoms with Crippen LogP contribution in [0, 0.1) is 19.7 Å². The van der Waals surface area contributed by atoms with Crippen molar-refractivity contribution >= 4 is 33.7 Å². The second kappa shape index (κ2) is 14.6. The molecule has 0 saturated carbocycles. The summed E-state index contributed by atoms with van der Waals surface area (Å²) in [5, 5.41) is 13.4. The quantitative estimate of drug-likeness (QED) is 0.257. The highest BCUT2D eigenvalue weighted by atomic mass is 32.2. The van der Waals surface area contributed by atoms with E-state index in [1.807, 2.05) is 0 Å². The molecular weight excluding hydrogens is 706 g/mol. The normalized spacial score (nSPS) is 19.1. The third-order valence-electron chi connectivity index (χ3n) is 9.40. The summed E-state index contributed by atoms with van der Waals surface area (Å²) in [6.07, 6.45) is -5.79. The predicted molar refractivity (Wildman–Crippen MR) is 175 cm³/mol. The largest absolute Gasteiger partial charge is 0.490 e. The van der Waals surface area contributed by atoms with Gasteiger partial charge in [0, 0.05) is 49.1 Å². The maximum Gasteiger partial charge on any atom is 0.453 e. The minimum atomic E-state index is -5.71. The van der Waals surface area contributed by atoms with Crippen molar-refractivity contribution in [3.05, 3.63) is 69.4 Å². The first kappa shape index (κ1) is 38.3. The van der Waals surface area contributed by atoms with Crippen molar-refractivity contribution in [1.29, 1.82) is 0 Å². The molecule has 0 bridgehead atoms. The van der Waals surface area contributed by atoms with Crippen LogP contribution in [0.25, 0.3) is 6.08 Å². The first-order valence-corrected chi connectivity index (χ1v) is 17.9. The Morgan fingerprint density at radius 1 is 1.06 bits per heavy atom. The number of nitrogens with zero attached hydrogens (tertiary/aromatic N) is 3. The number of aryl methyl sites for hydroxylation is 2. The van der Waals surface area contributed by atoms with E-state index < -0.39 is 70.7 Å². The molecule has 10 nitrogen and oxygen atoms in total. The number of hydrogen-bond acceptors (Lipinski definition) is 7. The average Bonchev–Trinajstić information content (AvgIpc) is 3.37. The predicted octanol–water partition coefficient (Wildman–Crippen LogP) is 5.11. The van der Waals surface area contributed by atoms with Crippen LogP contribution >= 0.6 is 0 Å². The SMILES string of the molecule is Cc1cc(C(=O)N2CCC(O)CC2)cc(C)c1/C=C/S(=O)(=O)N1CCC2(CC1)N=C(c1ccc(F)c(OCCCC(F)(F)C(F)(F)F)c1)NC2=O. The monoisotopic (exact) mass is 744 g/mol. The minimum absolute atomic E-state index is 0.0346. The number of carbonyl (C=O) groups is 2. The number of carbonyl (C=O) groups excluding carboxylic acids is 2. The van der Waals surface area contributed by atoms with Crippen LogP contribution in [0.1, 0.15) is 71.1 Å². The van der Waals surface area contributed by atoms with E-state index in [0.717, 1.165) is 17.5 Å². The summed E-state index contributed by atoms with van der Waals surface area (Å²) < 4.78 is 111. The van der Waals surface area contributed by atoms with Gasteiger partial charge in [-0.3, -0.25) is 14.6 Å². The van der Waals surface area contributed by atoms with E-state index in [0.29, 0.717) is 48.2 Å². The van der Waals surface area contributed by atoms with Crippen LogP contribution in [-0.4, -0.2) is 96.9 Å². The molecule has 3 heterocycles. The van der Waals surface area contributed by atoms with E-state index in [1.165, 1.54) is 16.4 Å². The number of hydrogen-bond donors (Lipinski definition) is 2. The molecule has 0 radical (unpaired) electrons. The third kappa shape index (κ3) is 8.41. The van der Waals surface area contributed by atoms with Gasteiger partial charge in [-0.2, -0.15) is 26.3 Å². The molecule has 278 valence electrons. The van der Waals surface area contributed by atoms with Gasteiger partial charge in [-0.05, 0) is 99.0 Å². The minimum Gasteiger partial charge on any atom is -0.490 e. The van der Waals surface area contributed by atoms with E-state index in [1.54, 1.807) is 30.9 Å². The van der Waals surface area contributed by atoms with Crippen molar-refractivity contribution in [2.45, 2.75) is 76.1 Å². The highest BCUT2D eigenvalue weighted by Gasteiger charge is 2.56. The summed E-state index contributed by atoms with van der Waals surface area (Å²) in [6, 6.07) is 6.83. The van der Waals surface area contributed by atoms with Gasteiger partial charge in [-0.15, -0.1) is 0 Å². The number of halogens is 6. The zero-order valence-electron chi connectivity index (χ0n) is 27.9. The van der Waals surface area contributed by atoms with Gasteiger partial charge < -0.3 is 20.1 Å². The summed E-state index contributed by atoms with van der Waals surface area (Å²) in [4.78, 5) is 32.3. The number of nitrogens with one attached hydrogen (secondary N) is 1. The van der Waals surface area contributed by atoms with Crippen LogP contribution in [0.4, 0.5) is 26.3 Å². The van der Waals surface area contributed by atoms with E-state index in [-0.39, 0.29) is 43.2 Å². The van der Waals surface area contributed by atoms with Crippen LogP contribution < -0.4 is 10.1 Å². The summed E-state index contributed by atoms with van der Waals surface area (Å²) in [5.74, 6) is -6.83. The zero-order valence-corrected chi connectivity index (χ0v) is 28.7. The number of alkyl halides is 5. The number of aliphatic hydroxyl groups excluding tert-OH is 1. The first-order chi connectivity index (χ1) is 23.8. The molecule has 2 saturated heterocycles. The van der Waals surface area contributed by atoms with E-state index in [2.05, 4.69) is 10.3 Å². The molecule has 1 spiro atoms. The first-order valence-electron chi connectivity index (χ1n) is 16.4. The molecule has 2 amide bonds. The summed E-state index contributed by atoms with van der Waals surface area (Å²) >= 11 is 0. The van der Waals surface area contributed by atoms with Gasteiger partial charge in [-0.1, -0.05) is 0 Å². The Kier molecular flexibility index (Phi) is 10.9. The standard InChI is InChI=1S/C34H38F6N4O6S/c1-21-18-24(30(46)43-12-6-25(45)7-13-43)19-22(2)26(21)8-17-51(48,49)44-14-10-32(11-15-44)31(47)41-29(42-32)23-4-5-27(35)28(20-23)50-16-3-9-33(36,37)34(38,39)40/h4-5,8,17-20,25,45H,3,6-7,9-16H2,1-2H3,(H,41,42,47)/b17-8+. The number of aliphatic hydroxyl groups is 1. The van der Waals surface area contributed by atoms with Gasteiger partial charge >= 0.3 is 12.1 Å². The Labute approximate surface area is 291 Å². The van der Waals surface area contributed by atoms with Crippen LogP contribution in [0.2, 0.25) is 0 Å². The molecule has 17 heteroatoms. The molecule has 0 aliphatic carbocycles. The number of rotatable bonds is 10. The lowest BCUT2D eigenvalue weighted by atomic mass is 9.89. The van der Waals surface area contributed by atoms with Gasteiger partial charge in [0.05, 0.1) is 12.7 Å².